The minimum absolute atomic E-state index is 0.270. The van der Waals surface area contributed by atoms with Gasteiger partial charge in [0.15, 0.2) is 5.60 Å². The Morgan fingerprint density at radius 1 is 0.970 bits per heavy atom. The van der Waals surface area contributed by atoms with Gasteiger partial charge in [-0.15, -0.1) is 0 Å². The minimum atomic E-state index is -1.14. The van der Waals surface area contributed by atoms with Crippen molar-refractivity contribution in [2.45, 2.75) is 36.2 Å². The number of hydrogen-bond donors (Lipinski definition) is 1. The topological polar surface area (TPSA) is 88.4 Å². The lowest BCUT2D eigenvalue weighted by atomic mass is 10.1. The van der Waals surface area contributed by atoms with Gasteiger partial charge in [-0.05, 0) is 69.3 Å². The van der Waals surface area contributed by atoms with E-state index in [4.69, 9.17) is 9.47 Å². The molecular formula is C26H24N2O4S. The molecule has 7 heteroatoms. The molecule has 3 aromatic carbocycles. The van der Waals surface area contributed by atoms with Crippen LogP contribution in [0.4, 0.5) is 5.69 Å². The molecule has 0 aliphatic heterocycles. The van der Waals surface area contributed by atoms with Crippen LogP contribution in [0.3, 0.4) is 0 Å². The molecule has 0 aromatic heterocycles. The van der Waals surface area contributed by atoms with Gasteiger partial charge in [-0.2, -0.15) is 5.26 Å². The number of benzene rings is 3. The Bertz CT molecular complexity index is 1180. The van der Waals surface area contributed by atoms with Crippen LogP contribution in [-0.2, 0) is 9.53 Å². The van der Waals surface area contributed by atoms with Gasteiger partial charge in [-0.3, -0.25) is 4.79 Å². The van der Waals surface area contributed by atoms with Crippen molar-refractivity contribution in [3.8, 4) is 11.8 Å². The van der Waals surface area contributed by atoms with Crippen LogP contribution in [0.5, 0.6) is 5.75 Å². The van der Waals surface area contributed by atoms with E-state index < -0.39 is 11.6 Å². The van der Waals surface area contributed by atoms with Crippen LogP contribution >= 0.6 is 11.8 Å². The normalized spacial score (nSPS) is 10.7. The molecule has 0 spiro atoms. The minimum Gasteiger partial charge on any atom is -0.476 e. The van der Waals surface area contributed by atoms with E-state index in [-0.39, 0.29) is 12.5 Å². The maximum absolute atomic E-state index is 12.8. The molecule has 168 valence electrons. The van der Waals surface area contributed by atoms with Crippen molar-refractivity contribution in [3.05, 3.63) is 83.9 Å². The van der Waals surface area contributed by atoms with Gasteiger partial charge in [-0.1, -0.05) is 36.0 Å². The highest BCUT2D eigenvalue weighted by molar-refractivity contribution is 7.99. The number of anilines is 1. The third-order valence-corrected chi connectivity index (χ3v) is 5.77. The van der Waals surface area contributed by atoms with Crippen LogP contribution in [0, 0.1) is 11.3 Å². The van der Waals surface area contributed by atoms with Crippen LogP contribution in [0.1, 0.15) is 36.7 Å². The van der Waals surface area contributed by atoms with Crippen molar-refractivity contribution in [2.75, 3.05) is 11.9 Å². The molecule has 0 fully saturated rings. The van der Waals surface area contributed by atoms with Gasteiger partial charge < -0.3 is 14.8 Å². The number of rotatable bonds is 8. The number of esters is 1. The molecule has 0 atom stereocenters. The van der Waals surface area contributed by atoms with E-state index in [0.717, 1.165) is 9.79 Å². The second kappa shape index (κ2) is 10.7. The van der Waals surface area contributed by atoms with Crippen molar-refractivity contribution in [3.63, 3.8) is 0 Å². The molecule has 1 amide bonds. The van der Waals surface area contributed by atoms with Crippen LogP contribution < -0.4 is 10.1 Å². The SMILES string of the molecule is CCOC(=O)C(C)(C)Oc1ccc(C(=O)Nc2ccccc2Sc2ccccc2C#N)cc1. The Labute approximate surface area is 197 Å². The van der Waals surface area contributed by atoms with Crippen molar-refractivity contribution in [1.29, 1.82) is 5.26 Å². The number of carbonyl (C=O) groups is 2. The lowest BCUT2D eigenvalue weighted by Gasteiger charge is -2.24. The smallest absolute Gasteiger partial charge is 0.349 e. The van der Waals surface area contributed by atoms with E-state index in [9.17, 15) is 14.9 Å². The number of nitrogens with one attached hydrogen (secondary N) is 1. The Morgan fingerprint density at radius 3 is 2.27 bits per heavy atom. The summed E-state index contributed by atoms with van der Waals surface area (Å²) in [5.74, 6) is -0.291. The number of nitrogens with zero attached hydrogens (tertiary/aromatic N) is 1. The number of hydrogen-bond acceptors (Lipinski definition) is 6. The van der Waals surface area contributed by atoms with Crippen LogP contribution in [0.15, 0.2) is 82.6 Å². The molecule has 0 aliphatic rings. The zero-order chi connectivity index (χ0) is 23.8. The van der Waals surface area contributed by atoms with Crippen molar-refractivity contribution in [2.24, 2.45) is 0 Å². The summed E-state index contributed by atoms with van der Waals surface area (Å²) in [7, 11) is 0. The summed E-state index contributed by atoms with van der Waals surface area (Å²) in [5, 5.41) is 12.3. The fraction of sp³-hybridized carbons (Fsp3) is 0.192. The van der Waals surface area contributed by atoms with E-state index in [2.05, 4.69) is 11.4 Å². The summed E-state index contributed by atoms with van der Waals surface area (Å²) in [6.07, 6.45) is 0. The highest BCUT2D eigenvalue weighted by atomic mass is 32.2. The summed E-state index contributed by atoms with van der Waals surface area (Å²) in [5.41, 5.74) is 0.512. The molecule has 0 aliphatic carbocycles. The first kappa shape index (κ1) is 23.9. The Hall–Kier alpha value is -3.76. The highest BCUT2D eigenvalue weighted by Gasteiger charge is 2.31. The first-order chi connectivity index (χ1) is 15.8. The van der Waals surface area contributed by atoms with Crippen molar-refractivity contribution in [1.82, 2.24) is 0 Å². The maximum Gasteiger partial charge on any atom is 0.349 e. The summed E-state index contributed by atoms with van der Waals surface area (Å²) in [4.78, 5) is 26.5. The van der Waals surface area contributed by atoms with Crippen LogP contribution in [0.2, 0.25) is 0 Å². The Kier molecular flexibility index (Phi) is 7.75. The van der Waals surface area contributed by atoms with Crippen LogP contribution in [0.25, 0.3) is 0 Å². The first-order valence-corrected chi connectivity index (χ1v) is 11.2. The predicted octanol–water partition coefficient (Wildman–Crippen LogP) is 5.68. The number of para-hydroxylation sites is 1. The largest absolute Gasteiger partial charge is 0.476 e. The first-order valence-electron chi connectivity index (χ1n) is 10.4. The number of ether oxygens (including phenoxy) is 2. The standard InChI is InChI=1S/C26H24N2O4S/c1-4-31-25(30)26(2,3)32-20-15-13-18(14-16-20)24(29)28-21-10-6-8-12-23(21)33-22-11-7-5-9-19(22)17-27/h5-16H,4H2,1-3H3,(H,28,29). The zero-order valence-corrected chi connectivity index (χ0v) is 19.4. The summed E-state index contributed by atoms with van der Waals surface area (Å²) in [6, 6.07) is 23.5. The zero-order valence-electron chi connectivity index (χ0n) is 18.6. The molecular weight excluding hydrogens is 436 g/mol. The second-order valence-electron chi connectivity index (χ2n) is 7.52. The van der Waals surface area contributed by atoms with Crippen molar-refractivity contribution < 1.29 is 19.1 Å². The molecule has 3 aromatic rings. The van der Waals surface area contributed by atoms with E-state index in [1.54, 1.807) is 51.1 Å². The summed E-state index contributed by atoms with van der Waals surface area (Å²) < 4.78 is 10.8. The lowest BCUT2D eigenvalue weighted by Crippen LogP contribution is -2.39. The molecule has 33 heavy (non-hydrogen) atoms. The predicted molar refractivity (Wildman–Crippen MR) is 127 cm³/mol. The number of nitriles is 1. The van der Waals surface area contributed by atoms with E-state index in [0.29, 0.717) is 22.6 Å². The van der Waals surface area contributed by atoms with Gasteiger partial charge in [0.2, 0.25) is 0 Å². The quantitative estimate of drug-likeness (QED) is 0.435. The van der Waals surface area contributed by atoms with Gasteiger partial charge in [-0.25, -0.2) is 4.79 Å². The monoisotopic (exact) mass is 460 g/mol. The molecule has 0 saturated carbocycles. The third kappa shape index (κ3) is 6.15. The fourth-order valence-corrected chi connectivity index (χ4v) is 3.92. The molecule has 1 N–H and O–H groups in total. The van der Waals surface area contributed by atoms with Crippen LogP contribution in [-0.4, -0.2) is 24.1 Å². The molecule has 0 heterocycles. The van der Waals surface area contributed by atoms with Gasteiger partial charge >= 0.3 is 5.97 Å². The molecule has 3 rings (SSSR count). The maximum atomic E-state index is 12.8. The summed E-state index contributed by atoms with van der Waals surface area (Å²) in [6.45, 7) is 5.27. The Balaban J connectivity index is 1.72. The summed E-state index contributed by atoms with van der Waals surface area (Å²) >= 11 is 1.42. The van der Waals surface area contributed by atoms with E-state index >= 15 is 0 Å². The van der Waals surface area contributed by atoms with E-state index in [1.807, 2.05) is 42.5 Å². The molecule has 0 unspecified atom stereocenters. The highest BCUT2D eigenvalue weighted by Crippen LogP contribution is 2.35. The molecule has 0 bridgehead atoms. The molecule has 0 radical (unpaired) electrons. The average molecular weight is 461 g/mol. The fourth-order valence-electron chi connectivity index (χ4n) is 2.94. The number of amides is 1. The Morgan fingerprint density at radius 2 is 1.61 bits per heavy atom. The van der Waals surface area contributed by atoms with Gasteiger partial charge in [0, 0.05) is 15.4 Å². The van der Waals surface area contributed by atoms with Crippen molar-refractivity contribution >= 4 is 29.3 Å². The van der Waals surface area contributed by atoms with Gasteiger partial charge in [0.05, 0.1) is 17.9 Å². The van der Waals surface area contributed by atoms with Gasteiger partial charge in [0.25, 0.3) is 5.91 Å². The number of carbonyl (C=O) groups excluding carboxylic acids is 2. The second-order valence-corrected chi connectivity index (χ2v) is 8.60. The average Bonchev–Trinajstić information content (AvgIpc) is 2.81. The van der Waals surface area contributed by atoms with E-state index in [1.165, 1.54) is 11.8 Å². The third-order valence-electron chi connectivity index (χ3n) is 4.62. The van der Waals surface area contributed by atoms with Gasteiger partial charge in [0.1, 0.15) is 11.8 Å². The molecule has 0 saturated heterocycles. The molecule has 6 nitrogen and oxygen atoms in total. The lowest BCUT2D eigenvalue weighted by molar-refractivity contribution is -0.158.